The van der Waals surface area contributed by atoms with Crippen LogP contribution in [0.5, 0.6) is 0 Å². The summed E-state index contributed by atoms with van der Waals surface area (Å²) in [6.07, 6.45) is -0.00398. The van der Waals surface area contributed by atoms with Gasteiger partial charge in [-0.25, -0.2) is 4.98 Å². The number of esters is 1. The number of benzene rings is 2. The van der Waals surface area contributed by atoms with Crippen molar-refractivity contribution in [1.29, 1.82) is 0 Å². The molecule has 0 bridgehead atoms. The summed E-state index contributed by atoms with van der Waals surface area (Å²) in [7, 11) is 0. The molecule has 0 unspecified atom stereocenters. The van der Waals surface area contributed by atoms with Crippen LogP contribution in [0.4, 0.5) is 11.4 Å². The Morgan fingerprint density at radius 1 is 1.21 bits per heavy atom. The number of nitro groups is 1. The number of para-hydroxylation sites is 3. The van der Waals surface area contributed by atoms with Gasteiger partial charge in [-0.3, -0.25) is 29.1 Å². The first-order valence-electron chi connectivity index (χ1n) is 8.55. The van der Waals surface area contributed by atoms with Crippen LogP contribution in [0, 0.1) is 10.1 Å². The van der Waals surface area contributed by atoms with Crippen molar-refractivity contribution in [3.05, 3.63) is 75.3 Å². The van der Waals surface area contributed by atoms with Crippen molar-refractivity contribution < 1.29 is 19.2 Å². The second-order valence-corrected chi connectivity index (χ2v) is 6.09. The van der Waals surface area contributed by atoms with E-state index in [1.54, 1.807) is 24.3 Å². The number of rotatable bonds is 6. The molecule has 10 heteroatoms. The average Bonchev–Trinajstić information content (AvgIpc) is 2.70. The summed E-state index contributed by atoms with van der Waals surface area (Å²) >= 11 is 0. The second-order valence-electron chi connectivity index (χ2n) is 6.09. The number of nitrogens with zero attached hydrogens (tertiary/aromatic N) is 3. The summed E-state index contributed by atoms with van der Waals surface area (Å²) in [5.41, 5.74) is -0.211. The highest BCUT2D eigenvalue weighted by molar-refractivity contribution is 5.96. The number of carbonyl (C=O) groups is 2. The molecule has 0 aliphatic rings. The molecule has 0 radical (unpaired) electrons. The van der Waals surface area contributed by atoms with E-state index >= 15 is 0 Å². The van der Waals surface area contributed by atoms with Crippen LogP contribution >= 0.6 is 0 Å². The van der Waals surface area contributed by atoms with Gasteiger partial charge in [-0.15, -0.1) is 0 Å². The van der Waals surface area contributed by atoms with Gasteiger partial charge in [0.2, 0.25) is 0 Å². The molecule has 1 atom stereocenters. The van der Waals surface area contributed by atoms with Gasteiger partial charge in [0.25, 0.3) is 17.2 Å². The largest absolute Gasteiger partial charge is 0.451 e. The minimum atomic E-state index is -1.23. The number of nitrogens with one attached hydrogen (secondary N) is 1. The van der Waals surface area contributed by atoms with Crippen LogP contribution in [0.1, 0.15) is 6.92 Å². The van der Waals surface area contributed by atoms with Crippen molar-refractivity contribution in [2.45, 2.75) is 19.6 Å². The minimum Gasteiger partial charge on any atom is -0.451 e. The second kappa shape index (κ2) is 8.30. The zero-order valence-electron chi connectivity index (χ0n) is 15.3. The standard InChI is InChI=1S/C19H16N4O6/c1-12(18(25)21-15-8-4-5-9-16(15)23(27)28)29-17(24)10-22-11-20-14-7-3-2-6-13(14)19(22)26/h2-9,11-12H,10H2,1H3,(H,21,25)/t12-/m1/s1. The van der Waals surface area contributed by atoms with Crippen LogP contribution < -0.4 is 10.9 Å². The van der Waals surface area contributed by atoms with Gasteiger partial charge in [0.1, 0.15) is 12.2 Å². The van der Waals surface area contributed by atoms with Crippen LogP contribution in [-0.2, 0) is 20.9 Å². The quantitative estimate of drug-likeness (QED) is 0.382. The van der Waals surface area contributed by atoms with Gasteiger partial charge >= 0.3 is 5.97 Å². The van der Waals surface area contributed by atoms with E-state index in [2.05, 4.69) is 10.3 Å². The van der Waals surface area contributed by atoms with Gasteiger partial charge in [-0.05, 0) is 25.1 Å². The molecule has 0 aliphatic heterocycles. The van der Waals surface area contributed by atoms with Crippen molar-refractivity contribution in [3.63, 3.8) is 0 Å². The molecular weight excluding hydrogens is 380 g/mol. The monoisotopic (exact) mass is 396 g/mol. The SMILES string of the molecule is C[C@@H](OC(=O)Cn1cnc2ccccc2c1=O)C(=O)Nc1ccccc1[N+](=O)[O-]. The van der Waals surface area contributed by atoms with Crippen LogP contribution in [0.2, 0.25) is 0 Å². The molecule has 0 fully saturated rings. The molecule has 1 aromatic heterocycles. The Hall–Kier alpha value is -4.08. The van der Waals surface area contributed by atoms with Crippen molar-refractivity contribution in [2.24, 2.45) is 0 Å². The fourth-order valence-corrected chi connectivity index (χ4v) is 2.62. The molecule has 0 spiro atoms. The van der Waals surface area contributed by atoms with Gasteiger partial charge < -0.3 is 10.1 Å². The Balaban J connectivity index is 1.66. The fraction of sp³-hybridized carbons (Fsp3) is 0.158. The van der Waals surface area contributed by atoms with E-state index in [0.29, 0.717) is 10.9 Å². The van der Waals surface area contributed by atoms with Crippen molar-refractivity contribution in [2.75, 3.05) is 5.32 Å². The molecule has 2 aromatic carbocycles. The van der Waals surface area contributed by atoms with E-state index in [9.17, 15) is 24.5 Å². The predicted octanol–water partition coefficient (Wildman–Crippen LogP) is 1.88. The number of amides is 1. The van der Waals surface area contributed by atoms with E-state index in [1.807, 2.05) is 0 Å². The first kappa shape index (κ1) is 19.7. The number of anilines is 1. The molecule has 10 nitrogen and oxygen atoms in total. The average molecular weight is 396 g/mol. The summed E-state index contributed by atoms with van der Waals surface area (Å²) in [6, 6.07) is 12.3. The summed E-state index contributed by atoms with van der Waals surface area (Å²) < 4.78 is 6.13. The van der Waals surface area contributed by atoms with Crippen LogP contribution in [-0.4, -0.2) is 32.5 Å². The first-order valence-corrected chi connectivity index (χ1v) is 8.55. The molecule has 148 valence electrons. The van der Waals surface area contributed by atoms with Crippen molar-refractivity contribution >= 4 is 34.2 Å². The normalized spacial score (nSPS) is 11.6. The van der Waals surface area contributed by atoms with Gasteiger partial charge in [-0.2, -0.15) is 0 Å². The highest BCUT2D eigenvalue weighted by Gasteiger charge is 2.22. The third-order valence-corrected chi connectivity index (χ3v) is 4.07. The third kappa shape index (κ3) is 4.43. The molecule has 29 heavy (non-hydrogen) atoms. The molecule has 1 heterocycles. The van der Waals surface area contributed by atoms with Crippen molar-refractivity contribution in [3.8, 4) is 0 Å². The number of hydrogen-bond donors (Lipinski definition) is 1. The lowest BCUT2D eigenvalue weighted by atomic mass is 10.2. The molecule has 0 saturated heterocycles. The van der Waals surface area contributed by atoms with Crippen LogP contribution in [0.25, 0.3) is 10.9 Å². The Morgan fingerprint density at radius 2 is 1.90 bits per heavy atom. The smallest absolute Gasteiger partial charge is 0.326 e. The molecule has 1 N–H and O–H groups in total. The zero-order chi connectivity index (χ0) is 21.0. The fourth-order valence-electron chi connectivity index (χ4n) is 2.62. The molecular formula is C19H16N4O6. The van der Waals surface area contributed by atoms with E-state index < -0.39 is 35.0 Å². The highest BCUT2D eigenvalue weighted by Crippen LogP contribution is 2.23. The number of nitro benzene ring substituents is 1. The summed E-state index contributed by atoms with van der Waals surface area (Å²) in [5.74, 6) is -1.56. The number of aromatic nitrogens is 2. The topological polar surface area (TPSA) is 133 Å². The lowest BCUT2D eigenvalue weighted by Gasteiger charge is -2.14. The van der Waals surface area contributed by atoms with Gasteiger partial charge in [0.15, 0.2) is 6.10 Å². The Labute approximate surface area is 163 Å². The number of ether oxygens (including phenoxy) is 1. The van der Waals surface area contributed by atoms with Gasteiger partial charge in [-0.1, -0.05) is 24.3 Å². The Bertz CT molecular complexity index is 1160. The van der Waals surface area contributed by atoms with Crippen molar-refractivity contribution in [1.82, 2.24) is 9.55 Å². The number of fused-ring (bicyclic) bond motifs is 1. The predicted molar refractivity (Wildman–Crippen MR) is 103 cm³/mol. The van der Waals surface area contributed by atoms with E-state index in [-0.39, 0.29) is 11.4 Å². The minimum absolute atomic E-state index is 0.0136. The molecule has 0 saturated carbocycles. The summed E-state index contributed by atoms with van der Waals surface area (Å²) in [5, 5.41) is 13.7. The van der Waals surface area contributed by atoms with Gasteiger partial charge in [0, 0.05) is 6.07 Å². The Morgan fingerprint density at radius 3 is 2.66 bits per heavy atom. The lowest BCUT2D eigenvalue weighted by Crippen LogP contribution is -2.33. The lowest BCUT2D eigenvalue weighted by molar-refractivity contribution is -0.383. The van der Waals surface area contributed by atoms with Crippen LogP contribution in [0.15, 0.2) is 59.7 Å². The summed E-state index contributed by atoms with van der Waals surface area (Å²) in [4.78, 5) is 51.2. The maximum atomic E-state index is 12.4. The molecule has 0 aliphatic carbocycles. The summed E-state index contributed by atoms with van der Waals surface area (Å²) in [6.45, 7) is 0.892. The number of hydrogen-bond acceptors (Lipinski definition) is 7. The van der Waals surface area contributed by atoms with Gasteiger partial charge in [0.05, 0.1) is 22.2 Å². The van der Waals surface area contributed by atoms with E-state index in [1.165, 1.54) is 37.5 Å². The Kier molecular flexibility index (Phi) is 5.63. The highest BCUT2D eigenvalue weighted by atomic mass is 16.6. The molecule has 1 amide bonds. The van der Waals surface area contributed by atoms with E-state index in [4.69, 9.17) is 4.74 Å². The number of carbonyl (C=O) groups excluding carboxylic acids is 2. The maximum Gasteiger partial charge on any atom is 0.326 e. The van der Waals surface area contributed by atoms with Crippen LogP contribution in [0.3, 0.4) is 0 Å². The maximum absolute atomic E-state index is 12.4. The first-order chi connectivity index (χ1) is 13.9. The third-order valence-electron chi connectivity index (χ3n) is 4.07. The molecule has 3 aromatic rings. The molecule has 3 rings (SSSR count). The zero-order valence-corrected chi connectivity index (χ0v) is 15.3. The van der Waals surface area contributed by atoms with E-state index in [0.717, 1.165) is 4.57 Å².